The third-order valence-corrected chi connectivity index (χ3v) is 4.23. The van der Waals surface area contributed by atoms with E-state index in [1.165, 1.54) is 25.8 Å². The minimum Gasteiger partial charge on any atom is -0.370 e. The number of nitrogens with zero attached hydrogens (tertiary/aromatic N) is 4. The van der Waals surface area contributed by atoms with Gasteiger partial charge in [-0.1, -0.05) is 6.92 Å². The molecule has 0 saturated carbocycles. The van der Waals surface area contributed by atoms with Crippen molar-refractivity contribution in [3.05, 3.63) is 24.0 Å². The molecule has 1 fully saturated rings. The summed E-state index contributed by atoms with van der Waals surface area (Å²) in [5, 5.41) is 7.87. The fourth-order valence-corrected chi connectivity index (χ4v) is 2.98. The van der Waals surface area contributed by atoms with E-state index < -0.39 is 0 Å². The summed E-state index contributed by atoms with van der Waals surface area (Å²) >= 11 is 0. The maximum absolute atomic E-state index is 4.56. The predicted molar refractivity (Wildman–Crippen MR) is 81.1 cm³/mol. The molecular formula is C15H23N5. The zero-order chi connectivity index (χ0) is 13.9. The number of likely N-dealkylation sites (tertiary alicyclic amines) is 1. The molecule has 108 valence electrons. The van der Waals surface area contributed by atoms with Gasteiger partial charge in [-0.2, -0.15) is 9.61 Å². The van der Waals surface area contributed by atoms with Gasteiger partial charge in [-0.3, -0.25) is 0 Å². The second-order valence-corrected chi connectivity index (χ2v) is 5.58. The number of nitrogens with one attached hydrogen (secondary N) is 1. The highest BCUT2D eigenvalue weighted by Crippen LogP contribution is 2.18. The van der Waals surface area contributed by atoms with Crippen molar-refractivity contribution in [1.82, 2.24) is 19.5 Å². The molecule has 0 aromatic carbocycles. The number of hydrogen-bond donors (Lipinski definition) is 1. The van der Waals surface area contributed by atoms with Crippen molar-refractivity contribution in [2.75, 3.05) is 25.5 Å². The van der Waals surface area contributed by atoms with Crippen LogP contribution in [0.1, 0.15) is 31.9 Å². The number of anilines is 1. The molecule has 1 N–H and O–H groups in total. The number of aromatic nitrogens is 3. The van der Waals surface area contributed by atoms with Crippen molar-refractivity contribution in [1.29, 1.82) is 0 Å². The summed E-state index contributed by atoms with van der Waals surface area (Å²) in [7, 11) is 2.23. The van der Waals surface area contributed by atoms with Crippen molar-refractivity contribution in [3.63, 3.8) is 0 Å². The predicted octanol–water partition coefficient (Wildman–Crippen LogP) is 2.19. The Hall–Kier alpha value is -1.62. The lowest BCUT2D eigenvalue weighted by atomic mass is 10.1. The van der Waals surface area contributed by atoms with Crippen molar-refractivity contribution >= 4 is 11.5 Å². The average molecular weight is 273 g/mol. The zero-order valence-corrected chi connectivity index (χ0v) is 12.3. The molecule has 1 aliphatic heterocycles. The fraction of sp³-hybridized carbons (Fsp3) is 0.600. The van der Waals surface area contributed by atoms with Crippen LogP contribution in [0.3, 0.4) is 0 Å². The van der Waals surface area contributed by atoms with E-state index in [2.05, 4.69) is 40.3 Å². The minimum atomic E-state index is 0.725. The van der Waals surface area contributed by atoms with E-state index in [0.717, 1.165) is 36.2 Å². The smallest absolute Gasteiger partial charge is 0.157 e. The second-order valence-electron chi connectivity index (χ2n) is 5.58. The number of aryl methyl sites for hydroxylation is 1. The van der Waals surface area contributed by atoms with E-state index in [9.17, 15) is 0 Å². The molecule has 2 aromatic rings. The lowest BCUT2D eigenvalue weighted by Gasteiger charge is -2.19. The van der Waals surface area contributed by atoms with Crippen molar-refractivity contribution in [2.24, 2.45) is 0 Å². The Bertz CT molecular complexity index is 577. The summed E-state index contributed by atoms with van der Waals surface area (Å²) in [6.45, 7) is 4.35. The van der Waals surface area contributed by atoms with Crippen LogP contribution >= 0.6 is 0 Å². The summed E-state index contributed by atoms with van der Waals surface area (Å²) in [6.07, 6.45) is 6.59. The van der Waals surface area contributed by atoms with Gasteiger partial charge in [0.15, 0.2) is 5.65 Å². The van der Waals surface area contributed by atoms with E-state index in [1.54, 1.807) is 6.20 Å². The molecule has 0 amide bonds. The first-order valence-electron chi connectivity index (χ1n) is 7.55. The Kier molecular flexibility index (Phi) is 3.87. The average Bonchev–Trinajstić information content (AvgIpc) is 3.07. The van der Waals surface area contributed by atoms with E-state index in [0.29, 0.717) is 0 Å². The second kappa shape index (κ2) is 5.79. The van der Waals surface area contributed by atoms with E-state index in [-0.39, 0.29) is 0 Å². The van der Waals surface area contributed by atoms with Crippen LogP contribution in [0.5, 0.6) is 0 Å². The third kappa shape index (κ3) is 2.63. The van der Waals surface area contributed by atoms with E-state index in [4.69, 9.17) is 0 Å². The van der Waals surface area contributed by atoms with Gasteiger partial charge in [0.1, 0.15) is 5.82 Å². The molecule has 3 heterocycles. The Morgan fingerprint density at radius 2 is 2.35 bits per heavy atom. The van der Waals surface area contributed by atoms with Crippen LogP contribution in [0.2, 0.25) is 0 Å². The quantitative estimate of drug-likeness (QED) is 0.907. The molecule has 2 aromatic heterocycles. The van der Waals surface area contributed by atoms with Gasteiger partial charge in [0.25, 0.3) is 0 Å². The Labute approximate surface area is 120 Å². The monoisotopic (exact) mass is 273 g/mol. The fourth-order valence-electron chi connectivity index (χ4n) is 2.98. The largest absolute Gasteiger partial charge is 0.370 e. The minimum absolute atomic E-state index is 0.725. The molecule has 0 radical (unpaired) electrons. The summed E-state index contributed by atoms with van der Waals surface area (Å²) in [4.78, 5) is 7.03. The van der Waals surface area contributed by atoms with E-state index >= 15 is 0 Å². The molecule has 0 bridgehead atoms. The van der Waals surface area contributed by atoms with Crippen molar-refractivity contribution < 1.29 is 0 Å². The molecule has 20 heavy (non-hydrogen) atoms. The van der Waals surface area contributed by atoms with Crippen LogP contribution in [0.15, 0.2) is 18.3 Å². The van der Waals surface area contributed by atoms with Crippen molar-refractivity contribution in [3.8, 4) is 0 Å². The van der Waals surface area contributed by atoms with Gasteiger partial charge >= 0.3 is 0 Å². The Balaban J connectivity index is 1.68. The first-order valence-corrected chi connectivity index (χ1v) is 7.55. The third-order valence-electron chi connectivity index (χ3n) is 4.23. The van der Waals surface area contributed by atoms with Gasteiger partial charge < -0.3 is 10.2 Å². The first-order chi connectivity index (χ1) is 9.78. The SMILES string of the molecule is CCc1cc(NCCC2CCCN2C)n2nccc2n1. The molecule has 1 atom stereocenters. The molecule has 5 heteroatoms. The van der Waals surface area contributed by atoms with E-state index in [1.807, 2.05) is 10.6 Å². The molecule has 0 spiro atoms. The highest BCUT2D eigenvalue weighted by atomic mass is 15.3. The Morgan fingerprint density at radius 1 is 1.45 bits per heavy atom. The lowest BCUT2D eigenvalue weighted by Crippen LogP contribution is -2.27. The number of hydrogen-bond acceptors (Lipinski definition) is 4. The van der Waals surface area contributed by atoms with Crippen LogP contribution in [0, 0.1) is 0 Å². The Morgan fingerprint density at radius 3 is 3.10 bits per heavy atom. The summed E-state index contributed by atoms with van der Waals surface area (Å²) in [6, 6.07) is 4.79. The van der Waals surface area contributed by atoms with Gasteiger partial charge in [0.2, 0.25) is 0 Å². The van der Waals surface area contributed by atoms with Crippen LogP contribution in [0.25, 0.3) is 5.65 Å². The van der Waals surface area contributed by atoms with Crippen LogP contribution < -0.4 is 5.32 Å². The first kappa shape index (κ1) is 13.4. The highest BCUT2D eigenvalue weighted by molar-refractivity contribution is 5.49. The highest BCUT2D eigenvalue weighted by Gasteiger charge is 2.20. The standard InChI is InChI=1S/C15H23N5/c1-3-12-11-15(20-14(18-12)7-9-17-20)16-8-6-13-5-4-10-19(13)2/h7,9,11,13,16H,3-6,8,10H2,1-2H3. The molecule has 1 unspecified atom stereocenters. The van der Waals surface area contributed by atoms with Gasteiger partial charge in [-0.25, -0.2) is 4.98 Å². The van der Waals surface area contributed by atoms with Gasteiger partial charge in [0.05, 0.1) is 6.20 Å². The van der Waals surface area contributed by atoms with Gasteiger partial charge in [0, 0.05) is 30.4 Å². The lowest BCUT2D eigenvalue weighted by molar-refractivity contribution is 0.301. The van der Waals surface area contributed by atoms with Gasteiger partial charge in [-0.15, -0.1) is 0 Å². The molecule has 1 saturated heterocycles. The molecule has 3 rings (SSSR count). The summed E-state index contributed by atoms with van der Waals surface area (Å²) < 4.78 is 1.89. The normalized spacial score (nSPS) is 19.8. The van der Waals surface area contributed by atoms with Crippen LogP contribution in [-0.2, 0) is 6.42 Å². The van der Waals surface area contributed by atoms with Crippen LogP contribution in [0.4, 0.5) is 5.82 Å². The number of rotatable bonds is 5. The topological polar surface area (TPSA) is 45.5 Å². The molecule has 1 aliphatic rings. The molecule has 0 aliphatic carbocycles. The maximum atomic E-state index is 4.56. The summed E-state index contributed by atoms with van der Waals surface area (Å²) in [5.41, 5.74) is 2.03. The van der Waals surface area contributed by atoms with Crippen molar-refractivity contribution in [2.45, 2.75) is 38.6 Å². The zero-order valence-electron chi connectivity index (χ0n) is 12.3. The van der Waals surface area contributed by atoms with Crippen LogP contribution in [-0.4, -0.2) is 45.7 Å². The summed E-state index contributed by atoms with van der Waals surface area (Å²) in [5.74, 6) is 1.05. The van der Waals surface area contributed by atoms with Gasteiger partial charge in [-0.05, 0) is 39.3 Å². The number of fused-ring (bicyclic) bond motifs is 1. The maximum Gasteiger partial charge on any atom is 0.157 e. The molecule has 5 nitrogen and oxygen atoms in total. The molecular weight excluding hydrogens is 250 g/mol.